The molecular weight excluding hydrogens is 425 g/mol. The molecule has 0 amide bonds. The molecule has 5 heteroatoms. The van der Waals surface area contributed by atoms with Crippen molar-refractivity contribution >= 4 is 16.6 Å². The molecule has 33 heavy (non-hydrogen) atoms. The lowest BCUT2D eigenvalue weighted by atomic mass is 9.94. The van der Waals surface area contributed by atoms with E-state index in [1.165, 1.54) is 36.4 Å². The summed E-state index contributed by atoms with van der Waals surface area (Å²) >= 11 is 0. The quantitative estimate of drug-likeness (QED) is 0.305. The molecule has 4 rings (SSSR count). The Kier molecular flexibility index (Phi) is 6.23. The Morgan fingerprint density at radius 2 is 1.48 bits per heavy atom. The fourth-order valence-corrected chi connectivity index (χ4v) is 4.08. The molecule has 0 saturated carbocycles. The molecule has 2 nitrogen and oxygen atoms in total. The zero-order valence-electron chi connectivity index (χ0n) is 18.4. The lowest BCUT2D eigenvalue weighted by Crippen LogP contribution is -1.98. The summed E-state index contributed by atoms with van der Waals surface area (Å²) in [4.78, 5) is 11.9. The first-order valence-corrected chi connectivity index (χ1v) is 10.9. The van der Waals surface area contributed by atoms with E-state index < -0.39 is 22.8 Å². The van der Waals surface area contributed by atoms with Gasteiger partial charge in [-0.1, -0.05) is 62.7 Å². The Hall–Kier alpha value is -3.60. The maximum atomic E-state index is 15.4. The molecule has 0 fully saturated rings. The van der Waals surface area contributed by atoms with E-state index in [2.05, 4.69) is 6.92 Å². The van der Waals surface area contributed by atoms with Gasteiger partial charge in [-0.2, -0.15) is 0 Å². The zero-order valence-corrected chi connectivity index (χ0v) is 18.4. The Morgan fingerprint density at radius 1 is 0.788 bits per heavy atom. The van der Waals surface area contributed by atoms with Gasteiger partial charge in [0, 0.05) is 17.5 Å². The van der Waals surface area contributed by atoms with Crippen molar-refractivity contribution in [3.63, 3.8) is 0 Å². The van der Waals surface area contributed by atoms with Crippen LogP contribution in [0, 0.1) is 17.5 Å². The molecular formula is C28H23F3O2. The Morgan fingerprint density at radius 3 is 2.12 bits per heavy atom. The molecule has 4 aromatic carbocycles. The van der Waals surface area contributed by atoms with Crippen LogP contribution in [0.4, 0.5) is 13.2 Å². The van der Waals surface area contributed by atoms with Crippen LogP contribution in [0.5, 0.6) is 5.75 Å². The van der Waals surface area contributed by atoms with E-state index in [0.29, 0.717) is 5.56 Å². The summed E-state index contributed by atoms with van der Waals surface area (Å²) in [7, 11) is 0. The average molecular weight is 448 g/mol. The van der Waals surface area contributed by atoms with Gasteiger partial charge in [0.1, 0.15) is 11.6 Å². The van der Waals surface area contributed by atoms with Gasteiger partial charge in [0.25, 0.3) is 0 Å². The van der Waals surface area contributed by atoms with Crippen LogP contribution >= 0.6 is 0 Å². The van der Waals surface area contributed by atoms with Gasteiger partial charge in [-0.15, -0.1) is 0 Å². The molecule has 0 aliphatic heterocycles. The van der Waals surface area contributed by atoms with Gasteiger partial charge in [0.15, 0.2) is 17.4 Å². The number of hydrogen-bond acceptors (Lipinski definition) is 2. The topological polar surface area (TPSA) is 37.3 Å². The number of halogens is 3. The number of benzene rings is 4. The minimum Gasteiger partial charge on any atom is -0.507 e. The SMILES string of the molecule is CCCc1ccc(-c2cc3ccc(-c4ccc(C(=O)CC)c(O)c4)c(F)c3c(F)c2F)cc1. The highest BCUT2D eigenvalue weighted by Crippen LogP contribution is 2.37. The van der Waals surface area contributed by atoms with Gasteiger partial charge in [0.2, 0.25) is 0 Å². The van der Waals surface area contributed by atoms with Crippen LogP contribution < -0.4 is 0 Å². The third-order valence-corrected chi connectivity index (χ3v) is 5.86. The van der Waals surface area contributed by atoms with Gasteiger partial charge >= 0.3 is 0 Å². The van der Waals surface area contributed by atoms with Crippen LogP contribution in [0.15, 0.2) is 60.7 Å². The van der Waals surface area contributed by atoms with Crippen molar-refractivity contribution in [2.45, 2.75) is 33.1 Å². The van der Waals surface area contributed by atoms with Gasteiger partial charge in [-0.25, -0.2) is 13.2 Å². The first-order chi connectivity index (χ1) is 15.8. The molecule has 1 N–H and O–H groups in total. The molecule has 4 aromatic rings. The second-order valence-corrected chi connectivity index (χ2v) is 8.03. The van der Waals surface area contributed by atoms with Crippen LogP contribution in [-0.4, -0.2) is 10.9 Å². The van der Waals surface area contributed by atoms with Gasteiger partial charge < -0.3 is 5.11 Å². The number of ketones is 1. The summed E-state index contributed by atoms with van der Waals surface area (Å²) in [5.41, 5.74) is 2.08. The highest BCUT2D eigenvalue weighted by atomic mass is 19.2. The summed E-state index contributed by atoms with van der Waals surface area (Å²) < 4.78 is 45.5. The number of rotatable bonds is 6. The highest BCUT2D eigenvalue weighted by molar-refractivity contribution is 5.99. The Labute approximate surface area is 190 Å². The zero-order chi connectivity index (χ0) is 23.7. The predicted molar refractivity (Wildman–Crippen MR) is 125 cm³/mol. The molecule has 0 atom stereocenters. The van der Waals surface area contributed by atoms with Crippen molar-refractivity contribution < 1.29 is 23.1 Å². The van der Waals surface area contributed by atoms with Crippen LogP contribution in [0.1, 0.15) is 42.6 Å². The Bertz CT molecular complexity index is 1360. The van der Waals surface area contributed by atoms with Gasteiger partial charge in [-0.3, -0.25) is 4.79 Å². The normalized spacial score (nSPS) is 11.2. The van der Waals surface area contributed by atoms with E-state index in [-0.39, 0.29) is 45.6 Å². The standard InChI is InChI=1S/C28H23F3O2/c1-3-5-16-6-8-17(9-7-16)22-14-19-11-12-20(26(29)25(19)28(31)27(22)30)18-10-13-21(23(32)4-2)24(33)15-18/h6-15,33H,3-5H2,1-2H3. The number of phenolic OH excluding ortho intramolecular Hbond substituents is 1. The van der Waals surface area contributed by atoms with Crippen LogP contribution in [0.25, 0.3) is 33.0 Å². The second-order valence-electron chi connectivity index (χ2n) is 8.03. The Balaban J connectivity index is 1.82. The van der Waals surface area contributed by atoms with Crippen molar-refractivity contribution in [1.82, 2.24) is 0 Å². The molecule has 0 aromatic heterocycles. The predicted octanol–water partition coefficient (Wildman–Crippen LogP) is 7.84. The number of phenols is 1. The smallest absolute Gasteiger partial charge is 0.170 e. The molecule has 0 aliphatic carbocycles. The molecule has 0 saturated heterocycles. The van der Waals surface area contributed by atoms with Crippen molar-refractivity contribution in [3.8, 4) is 28.0 Å². The monoisotopic (exact) mass is 448 g/mol. The van der Waals surface area contributed by atoms with E-state index in [9.17, 15) is 9.90 Å². The van der Waals surface area contributed by atoms with E-state index in [1.54, 1.807) is 19.1 Å². The summed E-state index contributed by atoms with van der Waals surface area (Å²) in [5.74, 6) is -3.84. The van der Waals surface area contributed by atoms with Gasteiger partial charge in [-0.05, 0) is 46.7 Å². The third kappa shape index (κ3) is 4.11. The van der Waals surface area contributed by atoms with Crippen molar-refractivity contribution in [3.05, 3.63) is 89.2 Å². The molecule has 0 heterocycles. The molecule has 168 valence electrons. The van der Waals surface area contributed by atoms with E-state index in [0.717, 1.165) is 18.4 Å². The highest BCUT2D eigenvalue weighted by Gasteiger charge is 2.21. The van der Waals surface area contributed by atoms with Crippen molar-refractivity contribution in [2.75, 3.05) is 0 Å². The van der Waals surface area contributed by atoms with E-state index in [1.807, 2.05) is 12.1 Å². The average Bonchev–Trinajstić information content (AvgIpc) is 2.81. The molecule has 0 bridgehead atoms. The fourth-order valence-electron chi connectivity index (χ4n) is 4.08. The first-order valence-electron chi connectivity index (χ1n) is 10.9. The van der Waals surface area contributed by atoms with E-state index >= 15 is 13.2 Å². The van der Waals surface area contributed by atoms with Crippen LogP contribution in [0.2, 0.25) is 0 Å². The lowest BCUT2D eigenvalue weighted by molar-refractivity contribution is 0.0985. The van der Waals surface area contributed by atoms with Gasteiger partial charge in [0.05, 0.1) is 10.9 Å². The van der Waals surface area contributed by atoms with Crippen LogP contribution in [-0.2, 0) is 6.42 Å². The number of fused-ring (bicyclic) bond motifs is 1. The summed E-state index contributed by atoms with van der Waals surface area (Å²) in [6.07, 6.45) is 2.09. The number of Topliss-reactive ketones (excluding diaryl/α,β-unsaturated/α-hetero) is 1. The number of aryl methyl sites for hydroxylation is 1. The number of hydrogen-bond donors (Lipinski definition) is 1. The largest absolute Gasteiger partial charge is 0.507 e. The lowest BCUT2D eigenvalue weighted by Gasteiger charge is -2.13. The van der Waals surface area contributed by atoms with Crippen molar-refractivity contribution in [2.24, 2.45) is 0 Å². The maximum absolute atomic E-state index is 15.4. The molecule has 0 aliphatic rings. The summed E-state index contributed by atoms with van der Waals surface area (Å²) in [6, 6.07) is 15.8. The molecule has 0 spiro atoms. The number of aromatic hydroxyl groups is 1. The number of carbonyl (C=O) groups is 1. The van der Waals surface area contributed by atoms with Crippen molar-refractivity contribution in [1.29, 1.82) is 0 Å². The third-order valence-electron chi connectivity index (χ3n) is 5.86. The minimum atomic E-state index is -1.26. The van der Waals surface area contributed by atoms with Crippen LogP contribution in [0.3, 0.4) is 0 Å². The minimum absolute atomic E-state index is 0.00302. The van der Waals surface area contributed by atoms with E-state index in [4.69, 9.17) is 0 Å². The number of carbonyl (C=O) groups excluding carboxylic acids is 1. The summed E-state index contributed by atoms with van der Waals surface area (Å²) in [5, 5.41) is 9.97. The fraction of sp³-hybridized carbons (Fsp3) is 0.179. The first kappa shape index (κ1) is 22.6. The molecule has 0 radical (unpaired) electrons. The summed E-state index contributed by atoms with van der Waals surface area (Å²) in [6.45, 7) is 3.74. The maximum Gasteiger partial charge on any atom is 0.170 e. The second kappa shape index (κ2) is 9.10. The molecule has 0 unspecified atom stereocenters.